The molecule has 3 aromatic rings. The number of amides is 1. The second-order valence-electron chi connectivity index (χ2n) is 5.76. The number of ether oxygens (including phenoxy) is 1. The van der Waals surface area contributed by atoms with Crippen molar-refractivity contribution < 1.29 is 18.3 Å². The molecule has 3 rings (SSSR count). The molecule has 6 heteroatoms. The van der Waals surface area contributed by atoms with Crippen molar-refractivity contribution in [1.29, 1.82) is 0 Å². The lowest BCUT2D eigenvalue weighted by Crippen LogP contribution is -2.26. The predicted octanol–water partition coefficient (Wildman–Crippen LogP) is 5.02. The van der Waals surface area contributed by atoms with Gasteiger partial charge in [0.1, 0.15) is 17.3 Å². The first-order valence-corrected chi connectivity index (χ1v) is 8.30. The molecule has 26 heavy (non-hydrogen) atoms. The largest absolute Gasteiger partial charge is 0.496 e. The first-order chi connectivity index (χ1) is 12.5. The molecule has 0 aliphatic rings. The minimum atomic E-state index is -0.405. The quantitative estimate of drug-likeness (QED) is 0.630. The van der Waals surface area contributed by atoms with Gasteiger partial charge in [-0.05, 0) is 42.5 Å². The summed E-state index contributed by atoms with van der Waals surface area (Å²) in [6.07, 6.45) is 0. The lowest BCUT2D eigenvalue weighted by Gasteiger charge is -2.18. The molecule has 0 aliphatic heterocycles. The molecular formula is C20H17ClFNO3. The van der Waals surface area contributed by atoms with Crippen molar-refractivity contribution in [3.63, 3.8) is 0 Å². The molecule has 0 N–H and O–H groups in total. The number of rotatable bonds is 5. The van der Waals surface area contributed by atoms with Crippen molar-refractivity contribution in [2.45, 2.75) is 6.54 Å². The summed E-state index contributed by atoms with van der Waals surface area (Å²) in [7, 11) is 3.20. The maximum Gasteiger partial charge on any atom is 0.289 e. The Bertz CT molecular complexity index is 938. The number of nitrogens with zero attached hydrogens (tertiary/aromatic N) is 1. The molecule has 1 heterocycles. The van der Waals surface area contributed by atoms with Crippen molar-refractivity contribution in [2.24, 2.45) is 0 Å². The van der Waals surface area contributed by atoms with E-state index >= 15 is 0 Å². The van der Waals surface area contributed by atoms with E-state index in [4.69, 9.17) is 20.8 Å². The third-order valence-electron chi connectivity index (χ3n) is 3.95. The predicted molar refractivity (Wildman–Crippen MR) is 97.9 cm³/mol. The van der Waals surface area contributed by atoms with Crippen LogP contribution in [0.2, 0.25) is 5.02 Å². The van der Waals surface area contributed by atoms with Crippen molar-refractivity contribution >= 4 is 17.5 Å². The molecule has 0 fully saturated rings. The highest BCUT2D eigenvalue weighted by atomic mass is 35.5. The number of carbonyl (C=O) groups excluding carboxylic acids is 1. The van der Waals surface area contributed by atoms with E-state index in [9.17, 15) is 9.18 Å². The average molecular weight is 374 g/mol. The van der Waals surface area contributed by atoms with Gasteiger partial charge in [0.25, 0.3) is 5.91 Å². The van der Waals surface area contributed by atoms with Gasteiger partial charge in [-0.1, -0.05) is 23.7 Å². The standard InChI is InChI=1S/C20H17ClFNO3/c1-23(12-13-11-14(21)7-8-17(13)25-2)20(24)19-10-9-18(26-19)15-5-3-4-6-16(15)22/h3-11H,12H2,1-2H3. The fourth-order valence-electron chi connectivity index (χ4n) is 2.64. The Labute approximate surface area is 155 Å². The zero-order valence-electron chi connectivity index (χ0n) is 14.3. The highest BCUT2D eigenvalue weighted by Crippen LogP contribution is 2.27. The van der Waals surface area contributed by atoms with E-state index < -0.39 is 5.82 Å². The van der Waals surface area contributed by atoms with Gasteiger partial charge in [0.15, 0.2) is 5.76 Å². The number of hydrogen-bond donors (Lipinski definition) is 0. The van der Waals surface area contributed by atoms with E-state index in [1.807, 2.05) is 0 Å². The third kappa shape index (κ3) is 3.73. The summed E-state index contributed by atoms with van der Waals surface area (Å²) in [6, 6.07) is 14.6. The molecule has 0 saturated carbocycles. The first-order valence-electron chi connectivity index (χ1n) is 7.92. The number of benzene rings is 2. The van der Waals surface area contributed by atoms with Crippen LogP contribution in [0.4, 0.5) is 4.39 Å². The van der Waals surface area contributed by atoms with Crippen molar-refractivity contribution in [3.05, 3.63) is 76.8 Å². The van der Waals surface area contributed by atoms with E-state index in [1.54, 1.807) is 56.6 Å². The van der Waals surface area contributed by atoms with Gasteiger partial charge < -0.3 is 14.1 Å². The summed E-state index contributed by atoms with van der Waals surface area (Å²) in [5, 5.41) is 0.557. The molecular weight excluding hydrogens is 357 g/mol. The molecule has 1 aromatic heterocycles. The SMILES string of the molecule is COc1ccc(Cl)cc1CN(C)C(=O)c1ccc(-c2ccccc2F)o1. The molecule has 0 saturated heterocycles. The van der Waals surface area contributed by atoms with Gasteiger partial charge in [0.2, 0.25) is 0 Å². The lowest BCUT2D eigenvalue weighted by molar-refractivity contribution is 0.0753. The van der Waals surface area contributed by atoms with Gasteiger partial charge >= 0.3 is 0 Å². The zero-order valence-corrected chi connectivity index (χ0v) is 15.1. The molecule has 1 amide bonds. The first kappa shape index (κ1) is 18.0. The van der Waals surface area contributed by atoms with Gasteiger partial charge in [-0.3, -0.25) is 4.79 Å². The van der Waals surface area contributed by atoms with Gasteiger partial charge in [0, 0.05) is 24.2 Å². The van der Waals surface area contributed by atoms with Crippen LogP contribution >= 0.6 is 11.6 Å². The van der Waals surface area contributed by atoms with Gasteiger partial charge in [0.05, 0.1) is 12.7 Å². The number of hydrogen-bond acceptors (Lipinski definition) is 3. The topological polar surface area (TPSA) is 42.7 Å². The summed E-state index contributed by atoms with van der Waals surface area (Å²) in [6.45, 7) is 0.290. The number of halogens is 2. The minimum Gasteiger partial charge on any atom is -0.496 e. The molecule has 0 atom stereocenters. The van der Waals surface area contributed by atoms with Crippen LogP contribution in [-0.4, -0.2) is 25.0 Å². The van der Waals surface area contributed by atoms with E-state index in [1.165, 1.54) is 17.0 Å². The van der Waals surface area contributed by atoms with Crippen LogP contribution < -0.4 is 4.74 Å². The van der Waals surface area contributed by atoms with Gasteiger partial charge in [-0.25, -0.2) is 4.39 Å². The molecule has 2 aromatic carbocycles. The third-order valence-corrected chi connectivity index (χ3v) is 4.19. The Morgan fingerprint density at radius 2 is 1.96 bits per heavy atom. The minimum absolute atomic E-state index is 0.131. The van der Waals surface area contributed by atoms with E-state index in [2.05, 4.69) is 0 Å². The molecule has 4 nitrogen and oxygen atoms in total. The van der Waals surface area contributed by atoms with Crippen LogP contribution in [0.3, 0.4) is 0 Å². The molecule has 0 bridgehead atoms. The smallest absolute Gasteiger partial charge is 0.289 e. The maximum atomic E-state index is 13.9. The fourth-order valence-corrected chi connectivity index (χ4v) is 2.84. The molecule has 0 aliphatic carbocycles. The highest BCUT2D eigenvalue weighted by Gasteiger charge is 2.19. The van der Waals surface area contributed by atoms with E-state index in [0.717, 1.165) is 5.56 Å². The van der Waals surface area contributed by atoms with Gasteiger partial charge in [-0.15, -0.1) is 0 Å². The normalized spacial score (nSPS) is 10.6. The summed E-state index contributed by atoms with van der Waals surface area (Å²) in [4.78, 5) is 14.1. The average Bonchev–Trinajstić information content (AvgIpc) is 3.11. The van der Waals surface area contributed by atoms with Crippen molar-refractivity contribution in [3.8, 4) is 17.1 Å². The highest BCUT2D eigenvalue weighted by molar-refractivity contribution is 6.30. The van der Waals surface area contributed by atoms with Crippen LogP contribution in [0.25, 0.3) is 11.3 Å². The summed E-state index contributed by atoms with van der Waals surface area (Å²) in [5.74, 6) is 0.347. The summed E-state index contributed by atoms with van der Waals surface area (Å²) < 4.78 is 24.7. The van der Waals surface area contributed by atoms with Crippen molar-refractivity contribution in [2.75, 3.05) is 14.2 Å². The van der Waals surface area contributed by atoms with Crippen LogP contribution in [0.5, 0.6) is 5.75 Å². The Balaban J connectivity index is 1.80. The Kier molecular flexibility index (Phi) is 5.28. The maximum absolute atomic E-state index is 13.9. The number of carbonyl (C=O) groups is 1. The van der Waals surface area contributed by atoms with Gasteiger partial charge in [-0.2, -0.15) is 0 Å². The van der Waals surface area contributed by atoms with Crippen LogP contribution in [-0.2, 0) is 6.54 Å². The zero-order chi connectivity index (χ0) is 18.7. The van der Waals surface area contributed by atoms with E-state index in [0.29, 0.717) is 22.1 Å². The Hall–Kier alpha value is -2.79. The Morgan fingerprint density at radius 1 is 1.19 bits per heavy atom. The van der Waals surface area contributed by atoms with Crippen LogP contribution in [0.15, 0.2) is 59.0 Å². The lowest BCUT2D eigenvalue weighted by atomic mass is 10.1. The fraction of sp³-hybridized carbons (Fsp3) is 0.150. The molecule has 0 radical (unpaired) electrons. The number of furan rings is 1. The second-order valence-corrected chi connectivity index (χ2v) is 6.20. The second kappa shape index (κ2) is 7.62. The van der Waals surface area contributed by atoms with E-state index in [-0.39, 0.29) is 18.2 Å². The molecule has 134 valence electrons. The van der Waals surface area contributed by atoms with Crippen LogP contribution in [0, 0.1) is 5.82 Å². The molecule has 0 unspecified atom stereocenters. The Morgan fingerprint density at radius 3 is 2.69 bits per heavy atom. The number of methoxy groups -OCH3 is 1. The van der Waals surface area contributed by atoms with Crippen LogP contribution in [0.1, 0.15) is 16.1 Å². The summed E-state index contributed by atoms with van der Waals surface area (Å²) >= 11 is 6.03. The van der Waals surface area contributed by atoms with Crippen molar-refractivity contribution in [1.82, 2.24) is 4.90 Å². The monoisotopic (exact) mass is 373 g/mol. The summed E-state index contributed by atoms with van der Waals surface area (Å²) in [5.41, 5.74) is 1.09. The molecule has 0 spiro atoms.